The lowest BCUT2D eigenvalue weighted by atomic mass is 10.2. The Morgan fingerprint density at radius 1 is 1.31 bits per heavy atom. The van der Waals surface area contributed by atoms with Gasteiger partial charge in [-0.3, -0.25) is 9.59 Å². The number of hydrogen-bond donors (Lipinski definition) is 0. The van der Waals surface area contributed by atoms with E-state index in [0.29, 0.717) is 6.61 Å². The molecule has 5 heteroatoms. The lowest BCUT2D eigenvalue weighted by Gasteiger charge is -2.13. The SMILES string of the molecule is CCCCCOC(=O)CC(CCl)OC(C)=O. The maximum absolute atomic E-state index is 11.3. The van der Waals surface area contributed by atoms with Gasteiger partial charge in [-0.15, -0.1) is 11.6 Å². The van der Waals surface area contributed by atoms with Crippen LogP contribution in [0, 0.1) is 0 Å². The van der Waals surface area contributed by atoms with Crippen LogP contribution in [0.4, 0.5) is 0 Å². The molecule has 16 heavy (non-hydrogen) atoms. The van der Waals surface area contributed by atoms with Gasteiger partial charge in [0.2, 0.25) is 0 Å². The smallest absolute Gasteiger partial charge is 0.309 e. The molecule has 0 radical (unpaired) electrons. The van der Waals surface area contributed by atoms with E-state index in [-0.39, 0.29) is 18.3 Å². The number of unbranched alkanes of at least 4 members (excludes halogenated alkanes) is 2. The van der Waals surface area contributed by atoms with Crippen molar-refractivity contribution in [2.24, 2.45) is 0 Å². The molecule has 1 atom stereocenters. The first-order chi connectivity index (χ1) is 7.60. The second kappa shape index (κ2) is 9.46. The first-order valence-corrected chi connectivity index (χ1v) is 6.02. The summed E-state index contributed by atoms with van der Waals surface area (Å²) in [5.41, 5.74) is 0. The first-order valence-electron chi connectivity index (χ1n) is 5.49. The van der Waals surface area contributed by atoms with Crippen LogP contribution < -0.4 is 0 Å². The highest BCUT2D eigenvalue weighted by Gasteiger charge is 2.16. The molecule has 0 aliphatic carbocycles. The minimum Gasteiger partial charge on any atom is -0.466 e. The summed E-state index contributed by atoms with van der Waals surface area (Å²) in [5.74, 6) is -0.712. The van der Waals surface area contributed by atoms with Crippen LogP contribution in [0.2, 0.25) is 0 Å². The Bertz CT molecular complexity index is 218. The summed E-state index contributed by atoms with van der Waals surface area (Å²) in [7, 11) is 0. The van der Waals surface area contributed by atoms with E-state index in [1.54, 1.807) is 0 Å². The summed E-state index contributed by atoms with van der Waals surface area (Å²) in [4.78, 5) is 21.9. The predicted octanol–water partition coefficient (Wildman–Crippen LogP) is 2.28. The van der Waals surface area contributed by atoms with Gasteiger partial charge in [-0.25, -0.2) is 0 Å². The monoisotopic (exact) mass is 250 g/mol. The van der Waals surface area contributed by atoms with Gasteiger partial charge in [0, 0.05) is 6.92 Å². The Labute approximate surface area is 101 Å². The van der Waals surface area contributed by atoms with Gasteiger partial charge in [0.15, 0.2) is 0 Å². The summed E-state index contributed by atoms with van der Waals surface area (Å²) in [6.45, 7) is 3.78. The molecule has 0 aromatic heterocycles. The summed E-state index contributed by atoms with van der Waals surface area (Å²) in [6, 6.07) is 0. The molecule has 0 rings (SSSR count). The number of carbonyl (C=O) groups excluding carboxylic acids is 2. The van der Waals surface area contributed by atoms with Gasteiger partial charge in [0.1, 0.15) is 6.10 Å². The summed E-state index contributed by atoms with van der Waals surface area (Å²) < 4.78 is 9.80. The molecule has 94 valence electrons. The van der Waals surface area contributed by atoms with Gasteiger partial charge in [-0.1, -0.05) is 19.8 Å². The van der Waals surface area contributed by atoms with Crippen LogP contribution >= 0.6 is 11.6 Å². The van der Waals surface area contributed by atoms with Crippen LogP contribution in [-0.4, -0.2) is 30.5 Å². The lowest BCUT2D eigenvalue weighted by Crippen LogP contribution is -2.23. The number of ether oxygens (including phenoxy) is 2. The average Bonchev–Trinajstić information content (AvgIpc) is 2.23. The molecule has 4 nitrogen and oxygen atoms in total. The van der Waals surface area contributed by atoms with Crippen LogP contribution in [-0.2, 0) is 19.1 Å². The zero-order valence-electron chi connectivity index (χ0n) is 9.83. The molecule has 1 unspecified atom stereocenters. The van der Waals surface area contributed by atoms with Crippen LogP contribution in [0.15, 0.2) is 0 Å². The van der Waals surface area contributed by atoms with E-state index < -0.39 is 12.1 Å². The van der Waals surface area contributed by atoms with Crippen molar-refractivity contribution >= 4 is 23.5 Å². The molecule has 0 N–H and O–H groups in total. The highest BCUT2D eigenvalue weighted by molar-refractivity contribution is 6.18. The van der Waals surface area contributed by atoms with E-state index in [1.165, 1.54) is 6.92 Å². The fourth-order valence-electron chi connectivity index (χ4n) is 1.15. The van der Waals surface area contributed by atoms with E-state index in [2.05, 4.69) is 6.92 Å². The topological polar surface area (TPSA) is 52.6 Å². The van der Waals surface area contributed by atoms with Crippen molar-refractivity contribution in [2.45, 2.75) is 45.6 Å². The summed E-state index contributed by atoms with van der Waals surface area (Å²) >= 11 is 5.55. The number of alkyl halides is 1. The van der Waals surface area contributed by atoms with Crippen molar-refractivity contribution in [1.82, 2.24) is 0 Å². The number of carbonyl (C=O) groups is 2. The van der Waals surface area contributed by atoms with Gasteiger partial charge in [-0.05, 0) is 6.42 Å². The summed E-state index contributed by atoms with van der Waals surface area (Å²) in [6.07, 6.45) is 2.42. The van der Waals surface area contributed by atoms with Crippen molar-refractivity contribution in [2.75, 3.05) is 12.5 Å². The lowest BCUT2D eigenvalue weighted by molar-refractivity contribution is -0.152. The maximum atomic E-state index is 11.3. The predicted molar refractivity (Wildman–Crippen MR) is 61.4 cm³/mol. The Morgan fingerprint density at radius 3 is 2.50 bits per heavy atom. The number of esters is 2. The molecule has 0 aromatic carbocycles. The average molecular weight is 251 g/mol. The van der Waals surface area contributed by atoms with Crippen molar-refractivity contribution in [3.63, 3.8) is 0 Å². The van der Waals surface area contributed by atoms with E-state index in [9.17, 15) is 9.59 Å². The molecule has 0 aromatic rings. The summed E-state index contributed by atoms with van der Waals surface area (Å²) in [5, 5.41) is 0. The highest BCUT2D eigenvalue weighted by atomic mass is 35.5. The van der Waals surface area contributed by atoms with Gasteiger partial charge >= 0.3 is 11.9 Å². The molecule has 0 saturated carbocycles. The Balaban J connectivity index is 3.70. The molecule has 0 amide bonds. The normalized spacial score (nSPS) is 11.9. The Hall–Kier alpha value is -0.770. The van der Waals surface area contributed by atoms with E-state index in [4.69, 9.17) is 21.1 Å². The molecule has 0 saturated heterocycles. The minimum atomic E-state index is -0.585. The molecule has 0 aliphatic heterocycles. The van der Waals surface area contributed by atoms with E-state index >= 15 is 0 Å². The van der Waals surface area contributed by atoms with Crippen molar-refractivity contribution < 1.29 is 19.1 Å². The third-order valence-corrected chi connectivity index (χ3v) is 2.25. The molecular weight excluding hydrogens is 232 g/mol. The second-order valence-corrected chi connectivity index (χ2v) is 3.83. The van der Waals surface area contributed by atoms with Crippen LogP contribution in [0.3, 0.4) is 0 Å². The van der Waals surface area contributed by atoms with Gasteiger partial charge in [0.25, 0.3) is 0 Å². The van der Waals surface area contributed by atoms with Crippen LogP contribution in [0.5, 0.6) is 0 Å². The van der Waals surface area contributed by atoms with Crippen LogP contribution in [0.1, 0.15) is 39.5 Å². The van der Waals surface area contributed by atoms with Gasteiger partial charge < -0.3 is 9.47 Å². The van der Waals surface area contributed by atoms with Gasteiger partial charge in [0.05, 0.1) is 18.9 Å². The van der Waals surface area contributed by atoms with Gasteiger partial charge in [-0.2, -0.15) is 0 Å². The fraction of sp³-hybridized carbons (Fsp3) is 0.818. The van der Waals surface area contributed by atoms with Crippen molar-refractivity contribution in [3.05, 3.63) is 0 Å². The molecule has 0 aliphatic rings. The molecular formula is C11H19ClO4. The van der Waals surface area contributed by atoms with Crippen LogP contribution in [0.25, 0.3) is 0 Å². The number of hydrogen-bond acceptors (Lipinski definition) is 4. The maximum Gasteiger partial charge on any atom is 0.309 e. The molecule has 0 spiro atoms. The fourth-order valence-corrected chi connectivity index (χ4v) is 1.32. The van der Waals surface area contributed by atoms with Crippen molar-refractivity contribution in [1.29, 1.82) is 0 Å². The molecule has 0 heterocycles. The standard InChI is InChI=1S/C11H19ClO4/c1-3-4-5-6-15-11(14)7-10(8-12)16-9(2)13/h10H,3-8H2,1-2H3. The minimum absolute atomic E-state index is 0.0230. The zero-order valence-corrected chi connectivity index (χ0v) is 10.6. The second-order valence-electron chi connectivity index (χ2n) is 3.52. The Morgan fingerprint density at radius 2 is 2.00 bits per heavy atom. The zero-order chi connectivity index (χ0) is 12.4. The van der Waals surface area contributed by atoms with E-state index in [1.807, 2.05) is 0 Å². The molecule has 0 bridgehead atoms. The van der Waals surface area contributed by atoms with Crippen molar-refractivity contribution in [3.8, 4) is 0 Å². The Kier molecular flexibility index (Phi) is 9.00. The third-order valence-electron chi connectivity index (χ3n) is 1.91. The quantitative estimate of drug-likeness (QED) is 0.377. The highest BCUT2D eigenvalue weighted by Crippen LogP contribution is 2.04. The number of halogens is 1. The first kappa shape index (κ1) is 15.2. The number of rotatable bonds is 8. The third kappa shape index (κ3) is 8.53. The van der Waals surface area contributed by atoms with E-state index in [0.717, 1.165) is 19.3 Å². The molecule has 0 fully saturated rings. The largest absolute Gasteiger partial charge is 0.466 e.